The van der Waals surface area contributed by atoms with E-state index in [0.29, 0.717) is 17.9 Å². The van der Waals surface area contributed by atoms with E-state index < -0.39 is 18.6 Å². The molecule has 1 aromatic carbocycles. The van der Waals surface area contributed by atoms with Gasteiger partial charge in [0.1, 0.15) is 6.54 Å². The Morgan fingerprint density at radius 1 is 1.28 bits per heavy atom. The molecule has 0 aliphatic carbocycles. The van der Waals surface area contributed by atoms with Crippen molar-refractivity contribution in [1.29, 1.82) is 0 Å². The smallest absolute Gasteiger partial charge is 0.333 e. The number of carbonyl (C=O) groups excluding carboxylic acids is 1. The number of hydrogen-bond acceptors (Lipinski definition) is 2. The van der Waals surface area contributed by atoms with Crippen LogP contribution in [0.3, 0.4) is 0 Å². The molecule has 0 saturated carbocycles. The van der Waals surface area contributed by atoms with Gasteiger partial charge in [0.2, 0.25) is 0 Å². The molecule has 0 atom stereocenters. The van der Waals surface area contributed by atoms with Gasteiger partial charge in [-0.05, 0) is 30.7 Å². The Kier molecular flexibility index (Phi) is 4.72. The Bertz CT molecular complexity index is 401. The topological polar surface area (TPSA) is 46.3 Å². The zero-order chi connectivity index (χ0) is 13.8. The van der Waals surface area contributed by atoms with Gasteiger partial charge in [-0.2, -0.15) is 13.2 Å². The summed E-state index contributed by atoms with van der Waals surface area (Å²) in [6, 6.07) is 6.42. The van der Waals surface area contributed by atoms with Crippen LogP contribution in [0.15, 0.2) is 24.3 Å². The van der Waals surface area contributed by atoms with Gasteiger partial charge < -0.3 is 10.6 Å². The Labute approximate surface area is 103 Å². The van der Waals surface area contributed by atoms with Crippen molar-refractivity contribution in [3.63, 3.8) is 0 Å². The van der Waals surface area contributed by atoms with E-state index in [2.05, 4.69) is 0 Å². The first-order chi connectivity index (χ1) is 8.33. The Morgan fingerprint density at radius 3 is 2.28 bits per heavy atom. The second kappa shape index (κ2) is 5.86. The minimum atomic E-state index is -4.39. The van der Waals surface area contributed by atoms with Crippen LogP contribution in [0, 0.1) is 0 Å². The van der Waals surface area contributed by atoms with Crippen LogP contribution in [0.4, 0.5) is 13.2 Å². The predicted molar refractivity (Wildman–Crippen MR) is 62.2 cm³/mol. The summed E-state index contributed by atoms with van der Waals surface area (Å²) in [5.41, 5.74) is 6.57. The second-order valence-corrected chi connectivity index (χ2v) is 4.01. The SMILES string of the molecule is CN(CC(F)(F)F)C(=O)c1ccc(CCN)cc1. The third kappa shape index (κ3) is 4.37. The molecule has 100 valence electrons. The molecule has 1 rings (SSSR count). The highest BCUT2D eigenvalue weighted by Crippen LogP contribution is 2.17. The summed E-state index contributed by atoms with van der Waals surface area (Å²) in [4.78, 5) is 12.3. The molecule has 0 fully saturated rings. The van der Waals surface area contributed by atoms with Crippen LogP contribution in [0.25, 0.3) is 0 Å². The fourth-order valence-corrected chi connectivity index (χ4v) is 1.54. The van der Waals surface area contributed by atoms with Gasteiger partial charge in [0.25, 0.3) is 5.91 Å². The second-order valence-electron chi connectivity index (χ2n) is 4.01. The molecule has 0 aromatic heterocycles. The first-order valence-electron chi connectivity index (χ1n) is 5.44. The summed E-state index contributed by atoms with van der Waals surface area (Å²) in [5, 5.41) is 0. The normalized spacial score (nSPS) is 11.4. The molecule has 2 N–H and O–H groups in total. The number of alkyl halides is 3. The van der Waals surface area contributed by atoms with Crippen molar-refractivity contribution in [2.75, 3.05) is 20.1 Å². The molecule has 0 unspecified atom stereocenters. The highest BCUT2D eigenvalue weighted by Gasteiger charge is 2.31. The first kappa shape index (κ1) is 14.5. The number of rotatable bonds is 4. The maximum Gasteiger partial charge on any atom is 0.406 e. The average Bonchev–Trinajstić information content (AvgIpc) is 2.27. The highest BCUT2D eigenvalue weighted by molar-refractivity contribution is 5.94. The quantitative estimate of drug-likeness (QED) is 0.897. The largest absolute Gasteiger partial charge is 0.406 e. The third-order valence-electron chi connectivity index (χ3n) is 2.40. The molecule has 0 saturated heterocycles. The summed E-state index contributed by atoms with van der Waals surface area (Å²) >= 11 is 0. The lowest BCUT2D eigenvalue weighted by Crippen LogP contribution is -2.35. The summed E-state index contributed by atoms with van der Waals surface area (Å²) in [6.07, 6.45) is -3.71. The molecule has 0 spiro atoms. The molecule has 1 amide bonds. The minimum Gasteiger partial charge on any atom is -0.333 e. The van der Waals surface area contributed by atoms with Crippen LogP contribution in [-0.2, 0) is 6.42 Å². The van der Waals surface area contributed by atoms with Crippen LogP contribution >= 0.6 is 0 Å². The number of benzene rings is 1. The number of hydrogen-bond donors (Lipinski definition) is 1. The van der Waals surface area contributed by atoms with Crippen LogP contribution in [0.1, 0.15) is 15.9 Å². The van der Waals surface area contributed by atoms with Gasteiger partial charge in [0.05, 0.1) is 0 Å². The van der Waals surface area contributed by atoms with E-state index in [1.165, 1.54) is 12.1 Å². The molecule has 3 nitrogen and oxygen atoms in total. The number of carbonyl (C=O) groups is 1. The molecular formula is C12H15F3N2O. The van der Waals surface area contributed by atoms with Crippen LogP contribution in [-0.4, -0.2) is 37.1 Å². The van der Waals surface area contributed by atoms with Gasteiger partial charge in [-0.15, -0.1) is 0 Å². The summed E-state index contributed by atoms with van der Waals surface area (Å²) in [5.74, 6) is -0.647. The van der Waals surface area contributed by atoms with E-state index in [1.54, 1.807) is 12.1 Å². The average molecular weight is 260 g/mol. The molecule has 0 aliphatic heterocycles. The minimum absolute atomic E-state index is 0.238. The zero-order valence-corrected chi connectivity index (χ0v) is 10.00. The standard InChI is InChI=1S/C12H15F3N2O/c1-17(8-12(13,14)15)11(18)10-4-2-9(3-5-10)6-7-16/h2-5H,6-8,16H2,1H3. The van der Waals surface area contributed by atoms with Crippen LogP contribution < -0.4 is 5.73 Å². The van der Waals surface area contributed by atoms with E-state index in [9.17, 15) is 18.0 Å². The lowest BCUT2D eigenvalue weighted by Gasteiger charge is -2.19. The van der Waals surface area contributed by atoms with Crippen molar-refractivity contribution >= 4 is 5.91 Å². The van der Waals surface area contributed by atoms with Crippen LogP contribution in [0.2, 0.25) is 0 Å². The number of halogens is 3. The van der Waals surface area contributed by atoms with Gasteiger partial charge in [-0.3, -0.25) is 4.79 Å². The van der Waals surface area contributed by atoms with E-state index in [4.69, 9.17) is 5.73 Å². The van der Waals surface area contributed by atoms with E-state index in [1.807, 2.05) is 0 Å². The molecular weight excluding hydrogens is 245 g/mol. The van der Waals surface area contributed by atoms with Gasteiger partial charge in [0.15, 0.2) is 0 Å². The molecule has 0 bridgehead atoms. The fraction of sp³-hybridized carbons (Fsp3) is 0.417. The van der Waals surface area contributed by atoms with Crippen molar-refractivity contribution in [1.82, 2.24) is 4.90 Å². The lowest BCUT2D eigenvalue weighted by atomic mass is 10.1. The summed E-state index contributed by atoms with van der Waals surface area (Å²) in [7, 11) is 1.13. The van der Waals surface area contributed by atoms with Gasteiger partial charge in [-0.1, -0.05) is 12.1 Å². The summed E-state index contributed by atoms with van der Waals surface area (Å²) in [6.45, 7) is -0.766. The van der Waals surface area contributed by atoms with E-state index >= 15 is 0 Å². The molecule has 1 aromatic rings. The van der Waals surface area contributed by atoms with Crippen molar-refractivity contribution in [2.45, 2.75) is 12.6 Å². The van der Waals surface area contributed by atoms with E-state index in [0.717, 1.165) is 12.6 Å². The summed E-state index contributed by atoms with van der Waals surface area (Å²) < 4.78 is 36.4. The Balaban J connectivity index is 2.72. The van der Waals surface area contributed by atoms with Crippen LogP contribution in [0.5, 0.6) is 0 Å². The Morgan fingerprint density at radius 2 is 1.83 bits per heavy atom. The molecule has 0 aliphatic rings. The monoisotopic (exact) mass is 260 g/mol. The number of nitrogens with zero attached hydrogens (tertiary/aromatic N) is 1. The fourth-order valence-electron chi connectivity index (χ4n) is 1.54. The van der Waals surface area contributed by atoms with Gasteiger partial charge in [0, 0.05) is 12.6 Å². The number of amides is 1. The van der Waals surface area contributed by atoms with E-state index in [-0.39, 0.29) is 5.56 Å². The highest BCUT2D eigenvalue weighted by atomic mass is 19.4. The van der Waals surface area contributed by atoms with Gasteiger partial charge >= 0.3 is 6.18 Å². The predicted octanol–water partition coefficient (Wildman–Crippen LogP) is 1.82. The first-order valence-corrected chi connectivity index (χ1v) is 5.44. The Hall–Kier alpha value is -1.56. The number of nitrogens with two attached hydrogens (primary N) is 1. The molecule has 6 heteroatoms. The van der Waals surface area contributed by atoms with Crippen molar-refractivity contribution < 1.29 is 18.0 Å². The third-order valence-corrected chi connectivity index (χ3v) is 2.40. The molecule has 0 radical (unpaired) electrons. The van der Waals surface area contributed by atoms with Crippen molar-refractivity contribution in [3.05, 3.63) is 35.4 Å². The molecule has 18 heavy (non-hydrogen) atoms. The zero-order valence-electron chi connectivity index (χ0n) is 10.00. The van der Waals surface area contributed by atoms with Gasteiger partial charge in [-0.25, -0.2) is 0 Å². The lowest BCUT2D eigenvalue weighted by molar-refractivity contribution is -0.138. The maximum absolute atomic E-state index is 12.1. The van der Waals surface area contributed by atoms with Crippen molar-refractivity contribution in [2.24, 2.45) is 5.73 Å². The maximum atomic E-state index is 12.1. The molecule has 0 heterocycles. The van der Waals surface area contributed by atoms with Crippen molar-refractivity contribution in [3.8, 4) is 0 Å².